The average molecular weight is 247 g/mol. The van der Waals surface area contributed by atoms with Crippen molar-refractivity contribution in [1.82, 2.24) is 0 Å². The summed E-state index contributed by atoms with van der Waals surface area (Å²) >= 11 is 0. The first kappa shape index (κ1) is 12.6. The van der Waals surface area contributed by atoms with Crippen molar-refractivity contribution >= 4 is 17.6 Å². The smallest absolute Gasteiger partial charge is 0.311 e. The van der Waals surface area contributed by atoms with Crippen LogP contribution in [-0.4, -0.2) is 23.5 Å². The number of aryl methyl sites for hydroxylation is 2. The number of hydrogen-bond acceptors (Lipinski definition) is 2. The first-order valence-corrected chi connectivity index (χ1v) is 5.95. The number of carboxylic acid groups (broad SMARTS) is 1. The summed E-state index contributed by atoms with van der Waals surface area (Å²) in [4.78, 5) is 24.9. The van der Waals surface area contributed by atoms with Gasteiger partial charge in [-0.3, -0.25) is 9.59 Å². The van der Waals surface area contributed by atoms with Gasteiger partial charge < -0.3 is 10.0 Å². The Bertz CT molecular complexity index is 504. The number of carbonyl (C=O) groups is 2. The lowest BCUT2D eigenvalue weighted by molar-refractivity contribution is -0.147. The summed E-state index contributed by atoms with van der Waals surface area (Å²) in [6, 6.07) is 5.81. The van der Waals surface area contributed by atoms with E-state index in [2.05, 4.69) is 0 Å². The fourth-order valence-electron chi connectivity index (χ4n) is 2.50. The van der Waals surface area contributed by atoms with Crippen LogP contribution in [0.3, 0.4) is 0 Å². The molecule has 0 aromatic heterocycles. The van der Waals surface area contributed by atoms with Crippen LogP contribution in [0.15, 0.2) is 18.2 Å². The SMILES string of the molecule is Cc1cccc(C)c1N1CC(C)(C(=O)O)CC1=O. The predicted octanol–water partition coefficient (Wildman–Crippen LogP) is 2.13. The first-order chi connectivity index (χ1) is 8.35. The van der Waals surface area contributed by atoms with Crippen LogP contribution < -0.4 is 4.90 Å². The van der Waals surface area contributed by atoms with Gasteiger partial charge in [-0.1, -0.05) is 18.2 Å². The molecule has 1 aromatic carbocycles. The maximum Gasteiger partial charge on any atom is 0.311 e. The Morgan fingerprint density at radius 2 is 1.89 bits per heavy atom. The molecule has 1 heterocycles. The maximum absolute atomic E-state index is 12.1. The third-order valence-electron chi connectivity index (χ3n) is 3.58. The Balaban J connectivity index is 2.42. The molecule has 1 atom stereocenters. The molecule has 0 radical (unpaired) electrons. The van der Waals surface area contributed by atoms with Gasteiger partial charge in [0, 0.05) is 18.7 Å². The molecule has 0 bridgehead atoms. The molecule has 18 heavy (non-hydrogen) atoms. The quantitative estimate of drug-likeness (QED) is 0.871. The van der Waals surface area contributed by atoms with Gasteiger partial charge in [0.2, 0.25) is 5.91 Å². The van der Waals surface area contributed by atoms with Crippen molar-refractivity contribution in [3.8, 4) is 0 Å². The highest BCUT2D eigenvalue weighted by Gasteiger charge is 2.46. The topological polar surface area (TPSA) is 57.6 Å². The molecule has 1 N–H and O–H groups in total. The fraction of sp³-hybridized carbons (Fsp3) is 0.429. The number of carbonyl (C=O) groups excluding carboxylic acids is 1. The van der Waals surface area contributed by atoms with E-state index in [1.165, 1.54) is 0 Å². The van der Waals surface area contributed by atoms with Crippen LogP contribution in [0.4, 0.5) is 5.69 Å². The maximum atomic E-state index is 12.1. The van der Waals surface area contributed by atoms with Crippen LogP contribution in [0.5, 0.6) is 0 Å². The highest BCUT2D eigenvalue weighted by molar-refractivity contribution is 6.01. The number of benzene rings is 1. The molecule has 0 saturated carbocycles. The normalized spacial score (nSPS) is 23.5. The molecule has 96 valence electrons. The number of para-hydroxylation sites is 1. The van der Waals surface area contributed by atoms with Crippen molar-refractivity contribution in [3.63, 3.8) is 0 Å². The summed E-state index contributed by atoms with van der Waals surface area (Å²) in [6.45, 7) is 5.74. The fourth-order valence-corrected chi connectivity index (χ4v) is 2.50. The van der Waals surface area contributed by atoms with Gasteiger partial charge in [-0.05, 0) is 31.9 Å². The van der Waals surface area contributed by atoms with Gasteiger partial charge >= 0.3 is 5.97 Å². The van der Waals surface area contributed by atoms with E-state index in [9.17, 15) is 14.7 Å². The molecule has 4 heteroatoms. The zero-order valence-corrected chi connectivity index (χ0v) is 10.9. The molecular weight excluding hydrogens is 230 g/mol. The summed E-state index contributed by atoms with van der Waals surface area (Å²) in [5, 5.41) is 9.21. The molecular formula is C14H17NO3. The van der Waals surface area contributed by atoms with E-state index < -0.39 is 11.4 Å². The second kappa shape index (κ2) is 4.12. The van der Waals surface area contributed by atoms with E-state index in [-0.39, 0.29) is 18.9 Å². The van der Waals surface area contributed by atoms with Gasteiger partial charge in [0.1, 0.15) is 0 Å². The number of amides is 1. The standard InChI is InChI=1S/C14H17NO3/c1-9-5-4-6-10(2)12(9)15-8-14(3,13(17)18)7-11(15)16/h4-6H,7-8H2,1-3H3,(H,17,18). The summed E-state index contributed by atoms with van der Waals surface area (Å²) in [7, 11) is 0. The summed E-state index contributed by atoms with van der Waals surface area (Å²) in [5.41, 5.74) is 1.87. The highest BCUT2D eigenvalue weighted by Crippen LogP contribution is 2.37. The lowest BCUT2D eigenvalue weighted by Gasteiger charge is -2.23. The van der Waals surface area contributed by atoms with Crippen LogP contribution in [0.1, 0.15) is 24.5 Å². The molecule has 4 nitrogen and oxygen atoms in total. The van der Waals surface area contributed by atoms with Gasteiger partial charge in [-0.2, -0.15) is 0 Å². The van der Waals surface area contributed by atoms with Gasteiger partial charge in [0.25, 0.3) is 0 Å². The van der Waals surface area contributed by atoms with Crippen molar-refractivity contribution in [2.24, 2.45) is 5.41 Å². The van der Waals surface area contributed by atoms with Crippen molar-refractivity contribution in [3.05, 3.63) is 29.3 Å². The molecule has 1 aliphatic heterocycles. The molecule has 0 aliphatic carbocycles. The summed E-state index contributed by atoms with van der Waals surface area (Å²) in [5.74, 6) is -1.03. The highest BCUT2D eigenvalue weighted by atomic mass is 16.4. The number of nitrogens with zero attached hydrogens (tertiary/aromatic N) is 1. The van der Waals surface area contributed by atoms with E-state index in [1.807, 2.05) is 32.0 Å². The number of hydrogen-bond donors (Lipinski definition) is 1. The molecule has 1 aliphatic rings. The average Bonchev–Trinajstić information content (AvgIpc) is 2.56. The minimum Gasteiger partial charge on any atom is -0.481 e. The largest absolute Gasteiger partial charge is 0.481 e. The molecule has 0 spiro atoms. The van der Waals surface area contributed by atoms with Crippen LogP contribution in [0, 0.1) is 19.3 Å². The Kier molecular flexibility index (Phi) is 2.89. The lowest BCUT2D eigenvalue weighted by atomic mass is 9.90. The molecule has 1 saturated heterocycles. The van der Waals surface area contributed by atoms with Gasteiger partial charge in [0.05, 0.1) is 5.41 Å². The number of carboxylic acids is 1. The lowest BCUT2D eigenvalue weighted by Crippen LogP contribution is -2.32. The van der Waals surface area contributed by atoms with E-state index in [0.29, 0.717) is 0 Å². The minimum atomic E-state index is -0.980. The zero-order valence-electron chi connectivity index (χ0n) is 10.9. The Hall–Kier alpha value is -1.84. The third-order valence-corrected chi connectivity index (χ3v) is 3.58. The number of rotatable bonds is 2. The molecule has 1 fully saturated rings. The Morgan fingerprint density at radius 3 is 2.33 bits per heavy atom. The van der Waals surface area contributed by atoms with Crippen molar-refractivity contribution in [1.29, 1.82) is 0 Å². The van der Waals surface area contributed by atoms with Crippen LogP contribution in [0.2, 0.25) is 0 Å². The van der Waals surface area contributed by atoms with Gasteiger partial charge in [0.15, 0.2) is 0 Å². The second-order valence-corrected chi connectivity index (χ2v) is 5.26. The van der Waals surface area contributed by atoms with Gasteiger partial charge in [-0.25, -0.2) is 0 Å². The van der Waals surface area contributed by atoms with E-state index >= 15 is 0 Å². The summed E-state index contributed by atoms with van der Waals surface area (Å²) < 4.78 is 0. The molecule has 1 aromatic rings. The molecule has 1 amide bonds. The van der Waals surface area contributed by atoms with Crippen LogP contribution >= 0.6 is 0 Å². The van der Waals surface area contributed by atoms with Crippen LogP contribution in [-0.2, 0) is 9.59 Å². The Labute approximate surface area is 106 Å². The summed E-state index contributed by atoms with van der Waals surface area (Å²) in [6.07, 6.45) is 0.0656. The third kappa shape index (κ3) is 1.88. The van der Waals surface area contributed by atoms with E-state index in [4.69, 9.17) is 0 Å². The Morgan fingerprint density at radius 1 is 1.33 bits per heavy atom. The monoisotopic (exact) mass is 247 g/mol. The van der Waals surface area contributed by atoms with E-state index in [0.717, 1.165) is 16.8 Å². The molecule has 2 rings (SSSR count). The van der Waals surface area contributed by atoms with E-state index in [1.54, 1.807) is 11.8 Å². The predicted molar refractivity (Wildman–Crippen MR) is 68.6 cm³/mol. The number of anilines is 1. The number of aliphatic carboxylic acids is 1. The second-order valence-electron chi connectivity index (χ2n) is 5.26. The molecule has 1 unspecified atom stereocenters. The first-order valence-electron chi connectivity index (χ1n) is 5.95. The zero-order chi connectivity index (χ0) is 13.5. The van der Waals surface area contributed by atoms with Crippen molar-refractivity contribution < 1.29 is 14.7 Å². The van der Waals surface area contributed by atoms with Crippen LogP contribution in [0.25, 0.3) is 0 Å². The van der Waals surface area contributed by atoms with Gasteiger partial charge in [-0.15, -0.1) is 0 Å². The minimum absolute atomic E-state index is 0.0656. The van der Waals surface area contributed by atoms with Crippen molar-refractivity contribution in [2.45, 2.75) is 27.2 Å². The van der Waals surface area contributed by atoms with Crippen molar-refractivity contribution in [2.75, 3.05) is 11.4 Å².